The van der Waals surface area contributed by atoms with Crippen LogP contribution in [0.3, 0.4) is 0 Å². The van der Waals surface area contributed by atoms with Gasteiger partial charge in [0.05, 0.1) is 0 Å². The fraction of sp³-hybridized carbons (Fsp3) is 0. The average molecular weight is 715 g/mol. The van der Waals surface area contributed by atoms with E-state index >= 15 is 0 Å². The monoisotopic (exact) mass is 714 g/mol. The van der Waals surface area contributed by atoms with Crippen LogP contribution in [0.2, 0.25) is 0 Å². The minimum atomic E-state index is 0. The van der Waals surface area contributed by atoms with Crippen LogP contribution in [0.25, 0.3) is 97.4 Å². The normalized spacial score (nSPS) is 11.3. The Labute approximate surface area is 319 Å². The Bertz CT molecular complexity index is 2860. The third kappa shape index (κ3) is 5.55. The molecule has 0 aliphatic carbocycles. The van der Waals surface area contributed by atoms with Crippen molar-refractivity contribution in [3.05, 3.63) is 194 Å². The van der Waals surface area contributed by atoms with Gasteiger partial charge >= 0.3 is 0 Å². The minimum absolute atomic E-state index is 0. The molecule has 0 bridgehead atoms. The van der Waals surface area contributed by atoms with Gasteiger partial charge in [0.15, 0.2) is 0 Å². The summed E-state index contributed by atoms with van der Waals surface area (Å²) in [5.74, 6) is 0. The van der Waals surface area contributed by atoms with E-state index in [1.807, 2.05) is 23.5 Å². The summed E-state index contributed by atoms with van der Waals surface area (Å²) >= 11 is 1.87. The van der Waals surface area contributed by atoms with Crippen LogP contribution in [-0.4, -0.2) is 0 Å². The number of hydrogen-bond acceptors (Lipinski definition) is 1. The Morgan fingerprint density at radius 1 is 0.308 bits per heavy atom. The van der Waals surface area contributed by atoms with Crippen molar-refractivity contribution >= 4 is 53.1 Å². The molecule has 0 spiro atoms. The molecule has 1 radical (unpaired) electrons. The molecular formula is C50H31SV-. The molecule has 0 saturated heterocycles. The molecule has 9 aromatic carbocycles. The maximum Gasteiger partial charge on any atom is 0.0355 e. The van der Waals surface area contributed by atoms with E-state index in [0.717, 1.165) is 5.56 Å². The molecular weight excluding hydrogens is 684 g/mol. The Balaban J connectivity index is 0.00000360. The molecule has 2 heteroatoms. The zero-order chi connectivity index (χ0) is 33.7. The van der Waals surface area contributed by atoms with Gasteiger partial charge in [-0.05, 0) is 96.4 Å². The van der Waals surface area contributed by atoms with Crippen LogP contribution in [-0.2, 0) is 18.6 Å². The van der Waals surface area contributed by atoms with E-state index in [2.05, 4.69) is 182 Å². The quantitative estimate of drug-likeness (QED) is 0.123. The molecule has 10 aromatic rings. The van der Waals surface area contributed by atoms with Crippen molar-refractivity contribution in [1.82, 2.24) is 0 Å². The number of benzene rings is 9. The maximum absolute atomic E-state index is 3.38. The van der Waals surface area contributed by atoms with Crippen LogP contribution in [0.4, 0.5) is 0 Å². The van der Waals surface area contributed by atoms with Gasteiger partial charge in [0, 0.05) is 38.7 Å². The van der Waals surface area contributed by atoms with Crippen molar-refractivity contribution in [3.63, 3.8) is 0 Å². The SMILES string of the molecule is [V].[c-]1ccccc1-c1cccc(-c2cccc(-c3c4ccccc4c(-c4cccc(-c5ccc6sc7ccccc7c6c5)c4)c4ccccc34)c2)c1. The van der Waals surface area contributed by atoms with E-state index in [0.29, 0.717) is 0 Å². The second kappa shape index (κ2) is 13.5. The fourth-order valence-corrected chi connectivity index (χ4v) is 8.89. The van der Waals surface area contributed by atoms with Crippen LogP contribution < -0.4 is 0 Å². The Morgan fingerprint density at radius 3 is 1.31 bits per heavy atom. The molecule has 0 amide bonds. The largest absolute Gasteiger partial charge is 0.147 e. The molecule has 52 heavy (non-hydrogen) atoms. The van der Waals surface area contributed by atoms with E-state index in [1.54, 1.807) is 0 Å². The van der Waals surface area contributed by atoms with Crippen molar-refractivity contribution in [2.75, 3.05) is 0 Å². The Morgan fingerprint density at radius 2 is 0.750 bits per heavy atom. The number of fused-ring (bicyclic) bond motifs is 5. The molecule has 0 saturated carbocycles. The third-order valence-corrected chi connectivity index (χ3v) is 11.3. The summed E-state index contributed by atoms with van der Waals surface area (Å²) in [4.78, 5) is 0. The van der Waals surface area contributed by atoms with Crippen molar-refractivity contribution in [1.29, 1.82) is 0 Å². The predicted octanol–water partition coefficient (Wildman–Crippen LogP) is 14.5. The first-order chi connectivity index (χ1) is 25.3. The topological polar surface area (TPSA) is 0 Å². The van der Waals surface area contributed by atoms with E-state index < -0.39 is 0 Å². The average Bonchev–Trinajstić information content (AvgIpc) is 3.58. The van der Waals surface area contributed by atoms with Crippen LogP contribution in [0.5, 0.6) is 0 Å². The predicted molar refractivity (Wildman–Crippen MR) is 220 cm³/mol. The Hall–Kier alpha value is -5.70. The van der Waals surface area contributed by atoms with Gasteiger partial charge in [-0.15, -0.1) is 47.2 Å². The summed E-state index contributed by atoms with van der Waals surface area (Å²) in [5, 5.41) is 7.69. The van der Waals surface area contributed by atoms with Crippen molar-refractivity contribution in [2.45, 2.75) is 0 Å². The van der Waals surface area contributed by atoms with Gasteiger partial charge in [-0.25, -0.2) is 0 Å². The molecule has 1 heterocycles. The smallest absolute Gasteiger partial charge is 0.0355 e. The first-order valence-corrected chi connectivity index (χ1v) is 18.2. The molecule has 0 aliphatic heterocycles. The molecule has 243 valence electrons. The van der Waals surface area contributed by atoms with E-state index in [9.17, 15) is 0 Å². The van der Waals surface area contributed by atoms with Crippen molar-refractivity contribution in [2.24, 2.45) is 0 Å². The second-order valence-electron chi connectivity index (χ2n) is 13.2. The molecule has 1 aromatic heterocycles. The van der Waals surface area contributed by atoms with Gasteiger partial charge in [0.2, 0.25) is 0 Å². The Kier molecular flexibility index (Phi) is 8.34. The summed E-state index contributed by atoms with van der Waals surface area (Å²) in [6.07, 6.45) is 0. The number of rotatable bonds is 5. The molecule has 0 atom stereocenters. The van der Waals surface area contributed by atoms with E-state index in [4.69, 9.17) is 0 Å². The van der Waals surface area contributed by atoms with Crippen LogP contribution in [0.1, 0.15) is 0 Å². The molecule has 10 rings (SSSR count). The maximum atomic E-state index is 3.38. The minimum Gasteiger partial charge on any atom is -0.147 e. The van der Waals surface area contributed by atoms with E-state index in [1.165, 1.54) is 91.8 Å². The van der Waals surface area contributed by atoms with Gasteiger partial charge in [-0.1, -0.05) is 139 Å². The third-order valence-electron chi connectivity index (χ3n) is 10.2. The molecule has 0 nitrogen and oxygen atoms in total. The van der Waals surface area contributed by atoms with Gasteiger partial charge in [-0.2, -0.15) is 0 Å². The van der Waals surface area contributed by atoms with Crippen molar-refractivity contribution in [3.8, 4) is 55.6 Å². The summed E-state index contributed by atoms with van der Waals surface area (Å²) in [6.45, 7) is 0. The molecule has 0 unspecified atom stereocenters. The first kappa shape index (κ1) is 32.2. The van der Waals surface area contributed by atoms with Gasteiger partial charge in [-0.3, -0.25) is 0 Å². The molecule has 0 N–H and O–H groups in total. The zero-order valence-corrected chi connectivity index (χ0v) is 30.5. The standard InChI is InChI=1S/C50H31S.V/c1-2-13-33(14-3-1)34-15-10-16-35(29-34)36-17-11-19-39(30-36)49-42-22-4-6-24-44(42)50(45-25-7-5-23-43(45)49)40-20-12-18-37(31-40)38-27-28-48-46(32-38)41-21-8-9-26-47(41)51-48;/h1-13,15-32H;/q-1;. The van der Waals surface area contributed by atoms with Gasteiger partial charge in [0.1, 0.15) is 0 Å². The fourth-order valence-electron chi connectivity index (χ4n) is 7.80. The van der Waals surface area contributed by atoms with E-state index in [-0.39, 0.29) is 18.6 Å². The summed E-state index contributed by atoms with van der Waals surface area (Å²) in [6, 6.07) is 72.0. The number of hydrogen-bond donors (Lipinski definition) is 0. The van der Waals surface area contributed by atoms with Gasteiger partial charge < -0.3 is 0 Å². The summed E-state index contributed by atoms with van der Waals surface area (Å²) in [5.41, 5.74) is 12.1. The summed E-state index contributed by atoms with van der Waals surface area (Å²) in [7, 11) is 0. The number of thiophene rings is 1. The van der Waals surface area contributed by atoms with Crippen LogP contribution in [0.15, 0.2) is 188 Å². The zero-order valence-electron chi connectivity index (χ0n) is 28.3. The van der Waals surface area contributed by atoms with Crippen LogP contribution in [0, 0.1) is 6.07 Å². The van der Waals surface area contributed by atoms with Crippen molar-refractivity contribution < 1.29 is 18.6 Å². The van der Waals surface area contributed by atoms with Crippen LogP contribution >= 0.6 is 11.3 Å². The first-order valence-electron chi connectivity index (χ1n) is 17.4. The summed E-state index contributed by atoms with van der Waals surface area (Å²) < 4.78 is 2.66. The van der Waals surface area contributed by atoms with Gasteiger partial charge in [0.25, 0.3) is 0 Å². The molecule has 0 aliphatic rings. The second-order valence-corrected chi connectivity index (χ2v) is 14.3. The molecule has 0 fully saturated rings.